The van der Waals surface area contributed by atoms with Crippen LogP contribution in [-0.2, 0) is 26.5 Å². The summed E-state index contributed by atoms with van der Waals surface area (Å²) in [6.45, 7) is 1.59. The van der Waals surface area contributed by atoms with Gasteiger partial charge in [0.15, 0.2) is 0 Å². The van der Waals surface area contributed by atoms with E-state index in [2.05, 4.69) is 4.72 Å². The molecule has 2 aromatic carbocycles. The molecule has 0 saturated heterocycles. The first kappa shape index (κ1) is 20.0. The summed E-state index contributed by atoms with van der Waals surface area (Å²) in [6.07, 6.45) is 0.304. The maximum Gasteiger partial charge on any atom is 0.270 e. The first-order valence-corrected chi connectivity index (χ1v) is 10.4. The minimum absolute atomic E-state index is 0.0333. The zero-order chi connectivity index (χ0) is 19.5. The number of nitro benzene ring substituents is 1. The number of hydrogen-bond acceptors (Lipinski definition) is 6. The minimum atomic E-state index is -3.92. The number of rotatable bonds is 7. The molecule has 0 aromatic heterocycles. The lowest BCUT2D eigenvalue weighted by Crippen LogP contribution is -2.26. The standard InChI is InChI=1S/C15H17N3O6S2/c1-11-2-5-13(18(19)20)10-15(11)26(23,24)17-9-8-12-3-6-14(7-4-12)25(16,21)22/h2-7,10,17H,8-9H2,1H3,(H2,16,21,22). The van der Waals surface area contributed by atoms with E-state index in [9.17, 15) is 26.9 Å². The molecular weight excluding hydrogens is 382 g/mol. The number of non-ortho nitro benzene ring substituents is 1. The van der Waals surface area contributed by atoms with Crippen molar-refractivity contribution in [3.8, 4) is 0 Å². The molecule has 3 N–H and O–H groups in total. The van der Waals surface area contributed by atoms with Gasteiger partial charge in [0.1, 0.15) is 0 Å². The summed E-state index contributed by atoms with van der Waals surface area (Å²) in [5.74, 6) is 0. The van der Waals surface area contributed by atoms with E-state index in [4.69, 9.17) is 5.14 Å². The normalized spacial score (nSPS) is 12.1. The predicted octanol–water partition coefficient (Wildman–Crippen LogP) is 1.07. The van der Waals surface area contributed by atoms with E-state index < -0.39 is 25.0 Å². The Hall–Kier alpha value is -2.34. The van der Waals surface area contributed by atoms with Gasteiger partial charge < -0.3 is 0 Å². The van der Waals surface area contributed by atoms with Crippen LogP contribution in [0.25, 0.3) is 0 Å². The van der Waals surface area contributed by atoms with Crippen molar-refractivity contribution < 1.29 is 21.8 Å². The van der Waals surface area contributed by atoms with Crippen LogP contribution in [0.2, 0.25) is 0 Å². The summed E-state index contributed by atoms with van der Waals surface area (Å²) in [4.78, 5) is 9.98. The van der Waals surface area contributed by atoms with Gasteiger partial charge in [0.05, 0.1) is 14.7 Å². The van der Waals surface area contributed by atoms with Crippen molar-refractivity contribution in [1.29, 1.82) is 0 Å². The van der Waals surface area contributed by atoms with E-state index in [1.165, 1.54) is 36.4 Å². The number of nitrogens with one attached hydrogen (secondary N) is 1. The zero-order valence-electron chi connectivity index (χ0n) is 13.7. The van der Waals surface area contributed by atoms with Gasteiger partial charge in [-0.05, 0) is 36.6 Å². The van der Waals surface area contributed by atoms with Crippen LogP contribution in [0.4, 0.5) is 5.69 Å². The summed E-state index contributed by atoms with van der Waals surface area (Å²) >= 11 is 0. The van der Waals surface area contributed by atoms with Crippen LogP contribution in [0.1, 0.15) is 11.1 Å². The molecule has 0 atom stereocenters. The molecule has 0 bridgehead atoms. The van der Waals surface area contributed by atoms with Gasteiger partial charge in [-0.3, -0.25) is 10.1 Å². The van der Waals surface area contributed by atoms with Gasteiger partial charge in [-0.15, -0.1) is 0 Å². The molecule has 0 aliphatic rings. The fourth-order valence-corrected chi connectivity index (χ4v) is 4.05. The zero-order valence-corrected chi connectivity index (χ0v) is 15.4. The Bertz CT molecular complexity index is 1030. The smallest absolute Gasteiger partial charge is 0.258 e. The number of nitrogens with two attached hydrogens (primary N) is 1. The van der Waals surface area contributed by atoms with Crippen LogP contribution in [0.15, 0.2) is 52.3 Å². The maximum absolute atomic E-state index is 12.4. The molecule has 140 valence electrons. The third-order valence-corrected chi connectivity index (χ3v) is 6.16. The molecule has 0 heterocycles. The second-order valence-corrected chi connectivity index (χ2v) is 8.84. The van der Waals surface area contributed by atoms with Crippen LogP contribution in [0.5, 0.6) is 0 Å². The Balaban J connectivity index is 2.09. The van der Waals surface area contributed by atoms with Crippen LogP contribution >= 0.6 is 0 Å². The highest BCUT2D eigenvalue weighted by molar-refractivity contribution is 7.89. The predicted molar refractivity (Wildman–Crippen MR) is 94.5 cm³/mol. The van der Waals surface area contributed by atoms with E-state index in [1.807, 2.05) is 0 Å². The number of nitro groups is 1. The number of hydrogen-bond donors (Lipinski definition) is 2. The molecule has 2 aromatic rings. The van der Waals surface area contributed by atoms with Crippen molar-refractivity contribution in [2.45, 2.75) is 23.1 Å². The molecule has 2 rings (SSSR count). The molecule has 0 saturated carbocycles. The topological polar surface area (TPSA) is 149 Å². The molecule has 9 nitrogen and oxygen atoms in total. The van der Waals surface area contributed by atoms with E-state index >= 15 is 0 Å². The molecule has 0 spiro atoms. The van der Waals surface area contributed by atoms with Gasteiger partial charge in [0.2, 0.25) is 20.0 Å². The molecule has 11 heteroatoms. The SMILES string of the molecule is Cc1ccc([N+](=O)[O-])cc1S(=O)(=O)NCCc1ccc(S(N)(=O)=O)cc1. The highest BCUT2D eigenvalue weighted by atomic mass is 32.2. The molecule has 0 amide bonds. The van der Waals surface area contributed by atoms with E-state index in [0.29, 0.717) is 17.5 Å². The fraction of sp³-hybridized carbons (Fsp3) is 0.200. The Labute approximate surface area is 151 Å². The number of sulfonamides is 2. The average Bonchev–Trinajstić information content (AvgIpc) is 2.54. The fourth-order valence-electron chi connectivity index (χ4n) is 2.25. The lowest BCUT2D eigenvalue weighted by atomic mass is 10.2. The van der Waals surface area contributed by atoms with E-state index in [1.54, 1.807) is 6.92 Å². The average molecular weight is 399 g/mol. The van der Waals surface area contributed by atoms with Crippen molar-refractivity contribution in [1.82, 2.24) is 4.72 Å². The Kier molecular flexibility index (Phi) is 5.76. The first-order chi connectivity index (χ1) is 12.0. The van der Waals surface area contributed by atoms with Gasteiger partial charge in [0, 0.05) is 18.7 Å². The molecule has 0 unspecified atom stereocenters. The quantitative estimate of drug-likeness (QED) is 0.525. The summed E-state index contributed by atoms with van der Waals surface area (Å²) in [5.41, 5.74) is 0.783. The van der Waals surface area contributed by atoms with Crippen molar-refractivity contribution in [3.63, 3.8) is 0 Å². The molecule has 0 fully saturated rings. The van der Waals surface area contributed by atoms with Gasteiger partial charge in [-0.1, -0.05) is 18.2 Å². The highest BCUT2D eigenvalue weighted by Crippen LogP contribution is 2.21. The first-order valence-electron chi connectivity index (χ1n) is 7.37. The lowest BCUT2D eigenvalue weighted by Gasteiger charge is -2.09. The van der Waals surface area contributed by atoms with Crippen LogP contribution < -0.4 is 9.86 Å². The summed E-state index contributed by atoms with van der Waals surface area (Å²) < 4.78 is 49.5. The van der Waals surface area contributed by atoms with Gasteiger partial charge in [0.25, 0.3) is 5.69 Å². The highest BCUT2D eigenvalue weighted by Gasteiger charge is 2.20. The number of aryl methyl sites for hydroxylation is 1. The third-order valence-electron chi connectivity index (χ3n) is 3.63. The van der Waals surface area contributed by atoms with Crippen LogP contribution in [0.3, 0.4) is 0 Å². The molecule has 0 aliphatic carbocycles. The van der Waals surface area contributed by atoms with Gasteiger partial charge in [-0.2, -0.15) is 0 Å². The lowest BCUT2D eigenvalue weighted by molar-refractivity contribution is -0.385. The molecule has 0 aliphatic heterocycles. The van der Waals surface area contributed by atoms with E-state index in [0.717, 1.165) is 6.07 Å². The van der Waals surface area contributed by atoms with Gasteiger partial charge >= 0.3 is 0 Å². The Morgan fingerprint density at radius 1 is 1.08 bits per heavy atom. The minimum Gasteiger partial charge on any atom is -0.258 e. The third kappa shape index (κ3) is 4.85. The van der Waals surface area contributed by atoms with Crippen LogP contribution in [0, 0.1) is 17.0 Å². The number of primary sulfonamides is 1. The summed E-state index contributed by atoms with van der Waals surface area (Å²) in [5, 5.41) is 15.8. The van der Waals surface area contributed by atoms with Crippen molar-refractivity contribution in [2.24, 2.45) is 5.14 Å². The van der Waals surface area contributed by atoms with Crippen LogP contribution in [-0.4, -0.2) is 28.3 Å². The summed E-state index contributed by atoms with van der Waals surface area (Å²) in [7, 11) is -7.70. The van der Waals surface area contributed by atoms with Crippen molar-refractivity contribution >= 4 is 25.7 Å². The largest absolute Gasteiger partial charge is 0.270 e. The van der Waals surface area contributed by atoms with Crippen molar-refractivity contribution in [3.05, 3.63) is 63.7 Å². The van der Waals surface area contributed by atoms with Crippen molar-refractivity contribution in [2.75, 3.05) is 6.54 Å². The monoisotopic (exact) mass is 399 g/mol. The number of nitrogens with zero attached hydrogens (tertiary/aromatic N) is 1. The second kappa shape index (κ2) is 7.50. The molecule has 0 radical (unpaired) electrons. The maximum atomic E-state index is 12.4. The van der Waals surface area contributed by atoms with E-state index in [-0.39, 0.29) is 22.0 Å². The Morgan fingerprint density at radius 3 is 2.23 bits per heavy atom. The second-order valence-electron chi connectivity index (χ2n) is 5.54. The molecule has 26 heavy (non-hydrogen) atoms. The van der Waals surface area contributed by atoms with Gasteiger partial charge in [-0.25, -0.2) is 26.7 Å². The molecular formula is C15H17N3O6S2. The number of benzene rings is 2. The summed E-state index contributed by atoms with van der Waals surface area (Å²) in [6, 6.07) is 9.37. The Morgan fingerprint density at radius 2 is 1.69 bits per heavy atom.